The third-order valence-corrected chi connectivity index (χ3v) is 22.0. The summed E-state index contributed by atoms with van der Waals surface area (Å²) in [6, 6.07) is 87.8. The molecular formula is C92H77B2BrN2O4. The summed E-state index contributed by atoms with van der Waals surface area (Å²) < 4.78 is 30.1. The van der Waals surface area contributed by atoms with E-state index in [4.69, 9.17) is 18.9 Å². The summed E-state index contributed by atoms with van der Waals surface area (Å²) in [6.07, 6.45) is 0. The quantitative estimate of drug-likeness (QED) is 0.166. The highest BCUT2D eigenvalue weighted by molar-refractivity contribution is 9.10. The number of halogens is 1. The van der Waals surface area contributed by atoms with Gasteiger partial charge in [-0.1, -0.05) is 293 Å². The number of fused-ring (bicyclic) bond motifs is 22. The highest BCUT2D eigenvalue weighted by atomic mass is 79.9. The van der Waals surface area contributed by atoms with E-state index in [-0.39, 0.29) is 35.1 Å². The summed E-state index contributed by atoms with van der Waals surface area (Å²) in [5.74, 6) is 7.11. The van der Waals surface area contributed by atoms with Crippen molar-refractivity contribution in [3.05, 3.63) is 269 Å². The molecule has 0 bridgehead atoms. The zero-order chi connectivity index (χ0) is 69.3. The summed E-state index contributed by atoms with van der Waals surface area (Å²) in [4.78, 5) is 3.66. The number of rotatable bonds is 1. The lowest BCUT2D eigenvalue weighted by Gasteiger charge is -2.35. The van der Waals surface area contributed by atoms with Crippen LogP contribution in [0.4, 0.5) is 0 Å². The van der Waals surface area contributed by atoms with Crippen LogP contribution < -0.4 is 51.7 Å². The maximum absolute atomic E-state index is 6.95. The van der Waals surface area contributed by atoms with Crippen molar-refractivity contribution in [1.82, 2.24) is 9.55 Å². The van der Waals surface area contributed by atoms with E-state index in [1.165, 1.54) is 131 Å². The van der Waals surface area contributed by atoms with Gasteiger partial charge >= 0.3 is 0 Å². The van der Waals surface area contributed by atoms with E-state index in [1.807, 2.05) is 0 Å². The van der Waals surface area contributed by atoms with Gasteiger partial charge in [-0.05, 0) is 124 Å². The molecule has 0 atom stereocenters. The molecule has 0 aliphatic carbocycles. The SMILES string of the molecule is CC(C)(C)c1ccc2c(c1)B1c3cc(C(C)(C)C)ccc3Oc3cc(-n4c5c6ccccc6ccc5c5ccc6ccccc6c54)cc(c31)O2.CC(C)(C)c1ccc2c(c1)B1c3cc(C(C)(C)C)ccc3Oc3cc(Br)cc(c31)O2.c1ccc2c(c1)ccc1c3ccc4ccccc4c3[nH]c21. The topological polar surface area (TPSA) is 57.6 Å². The molecule has 0 fully saturated rings. The summed E-state index contributed by atoms with van der Waals surface area (Å²) in [5, 5.41) is 15.1. The molecule has 0 saturated carbocycles. The molecule has 4 aliphatic rings. The first kappa shape index (κ1) is 62.8. The van der Waals surface area contributed by atoms with E-state index in [2.05, 4.69) is 351 Å². The number of aromatic amines is 1. The highest BCUT2D eigenvalue weighted by Gasteiger charge is 2.44. The van der Waals surface area contributed by atoms with Crippen LogP contribution in [-0.4, -0.2) is 23.0 Å². The molecule has 9 heteroatoms. The Morgan fingerprint density at radius 2 is 0.574 bits per heavy atom. The van der Waals surface area contributed by atoms with Gasteiger partial charge in [-0.25, -0.2) is 0 Å². The van der Waals surface area contributed by atoms with Crippen molar-refractivity contribution in [2.75, 3.05) is 0 Å². The molecular weight excluding hydrogens is 1300 g/mol. The van der Waals surface area contributed by atoms with Gasteiger partial charge in [0.2, 0.25) is 0 Å². The lowest BCUT2D eigenvalue weighted by atomic mass is 9.34. The highest BCUT2D eigenvalue weighted by Crippen LogP contribution is 2.46. The van der Waals surface area contributed by atoms with Gasteiger partial charge in [0.1, 0.15) is 46.0 Å². The fraction of sp³-hybridized carbons (Fsp3) is 0.174. The Morgan fingerprint density at radius 1 is 0.287 bits per heavy atom. The zero-order valence-corrected chi connectivity index (χ0v) is 60.8. The van der Waals surface area contributed by atoms with Crippen molar-refractivity contribution < 1.29 is 18.9 Å². The zero-order valence-electron chi connectivity index (χ0n) is 59.2. The Labute approximate surface area is 599 Å². The summed E-state index contributed by atoms with van der Waals surface area (Å²) >= 11 is 3.62. The van der Waals surface area contributed by atoms with Crippen LogP contribution in [0.25, 0.3) is 92.4 Å². The minimum Gasteiger partial charge on any atom is -0.458 e. The number of nitrogens with one attached hydrogen (secondary N) is 1. The molecule has 16 aromatic rings. The molecule has 20 rings (SSSR count). The molecule has 492 valence electrons. The molecule has 1 N–H and O–H groups in total. The fourth-order valence-corrected chi connectivity index (χ4v) is 16.6. The van der Waals surface area contributed by atoms with Gasteiger partial charge in [0.25, 0.3) is 13.4 Å². The lowest BCUT2D eigenvalue weighted by Crippen LogP contribution is -2.57. The second-order valence-electron chi connectivity index (χ2n) is 32.2. The van der Waals surface area contributed by atoms with Gasteiger partial charge in [0, 0.05) is 70.6 Å². The molecule has 0 radical (unpaired) electrons. The molecule has 6 heterocycles. The minimum absolute atomic E-state index is 0.00529. The monoisotopic (exact) mass is 1370 g/mol. The van der Waals surface area contributed by atoms with Gasteiger partial charge in [0.05, 0.1) is 27.8 Å². The number of nitrogens with zero attached hydrogens (tertiary/aromatic N) is 1. The van der Waals surface area contributed by atoms with Crippen LogP contribution >= 0.6 is 15.9 Å². The Hall–Kier alpha value is -10.5. The Balaban J connectivity index is 0.000000121. The molecule has 0 saturated heterocycles. The van der Waals surface area contributed by atoms with E-state index in [9.17, 15) is 0 Å². The predicted octanol–water partition coefficient (Wildman–Crippen LogP) is 21.8. The Bertz CT molecular complexity index is 5830. The van der Waals surface area contributed by atoms with Gasteiger partial charge in [0.15, 0.2) is 0 Å². The van der Waals surface area contributed by atoms with E-state index >= 15 is 0 Å². The van der Waals surface area contributed by atoms with Crippen LogP contribution in [0.5, 0.6) is 46.0 Å². The van der Waals surface area contributed by atoms with Gasteiger partial charge in [-0.2, -0.15) is 0 Å². The van der Waals surface area contributed by atoms with E-state index in [0.717, 1.165) is 67.1 Å². The summed E-state index contributed by atoms with van der Waals surface area (Å²) in [6.45, 7) is 27.3. The van der Waals surface area contributed by atoms with Crippen molar-refractivity contribution in [3.63, 3.8) is 0 Å². The van der Waals surface area contributed by atoms with Gasteiger partial charge < -0.3 is 28.5 Å². The first-order chi connectivity index (χ1) is 48.5. The second kappa shape index (κ2) is 22.8. The lowest BCUT2D eigenvalue weighted by molar-refractivity contribution is 0.462. The van der Waals surface area contributed by atoms with Gasteiger partial charge in [-0.15, -0.1) is 0 Å². The van der Waals surface area contributed by atoms with Crippen LogP contribution in [0.1, 0.15) is 105 Å². The normalized spacial score (nSPS) is 13.5. The molecule has 4 aliphatic heterocycles. The van der Waals surface area contributed by atoms with Crippen LogP contribution in [0.2, 0.25) is 0 Å². The average Bonchev–Trinajstić information content (AvgIpc) is 1.69. The van der Waals surface area contributed by atoms with Crippen molar-refractivity contribution in [2.24, 2.45) is 0 Å². The Kier molecular flexibility index (Phi) is 14.2. The number of hydrogen-bond acceptors (Lipinski definition) is 4. The standard InChI is InChI=1S/C46H38BNO2.C26H26BBrO2.C20H13N/c1-45(2,3)29-17-21-38-36(23-29)47-37-24-30(46(4,5)6)18-22-39(37)50-41-26-31(25-40(49-38)42(41)47)48-43-32-13-9-7-11-27(32)15-19-34(43)35-20-16-28-12-8-10-14-33(28)44(35)48;1-25(2,3)15-7-9-20-18(11-15)27-19-12-16(26(4,5)6)8-10-21(19)30-23-14-17(28)13-22(29-20)24(23)27;1-3-7-15-13(5-1)9-11-17-18-12-10-14-6-2-4-8-16(14)20(18)21-19(15)17/h7-26H,1-6H3;7-14H,1-6H3;1-12,21H. The van der Waals surface area contributed by atoms with Gasteiger partial charge in [-0.3, -0.25) is 0 Å². The first-order valence-electron chi connectivity index (χ1n) is 35.4. The predicted molar refractivity (Wildman–Crippen MR) is 431 cm³/mol. The third-order valence-electron chi connectivity index (χ3n) is 21.6. The van der Waals surface area contributed by atoms with E-state index in [0.29, 0.717) is 0 Å². The fourth-order valence-electron chi connectivity index (χ4n) is 16.1. The number of H-pyrrole nitrogens is 1. The Morgan fingerprint density at radius 3 is 0.901 bits per heavy atom. The molecule has 14 aromatic carbocycles. The number of benzene rings is 14. The second-order valence-corrected chi connectivity index (χ2v) is 33.1. The molecule has 0 unspecified atom stereocenters. The molecule has 2 aromatic heterocycles. The molecule has 6 nitrogen and oxygen atoms in total. The van der Waals surface area contributed by atoms with Crippen LogP contribution in [0.15, 0.2) is 247 Å². The van der Waals surface area contributed by atoms with Crippen LogP contribution in [0, 0.1) is 0 Å². The molecule has 0 amide bonds. The number of ether oxygens (including phenoxy) is 4. The van der Waals surface area contributed by atoms with Crippen molar-refractivity contribution in [3.8, 4) is 51.7 Å². The smallest absolute Gasteiger partial charge is 0.260 e. The average molecular weight is 1380 g/mol. The maximum atomic E-state index is 6.95. The number of aromatic nitrogens is 2. The summed E-state index contributed by atoms with van der Waals surface area (Å²) in [7, 11) is 0. The van der Waals surface area contributed by atoms with E-state index < -0.39 is 0 Å². The maximum Gasteiger partial charge on any atom is 0.260 e. The summed E-state index contributed by atoms with van der Waals surface area (Å²) in [5.41, 5.74) is 18.3. The minimum atomic E-state index is -0.00837. The largest absolute Gasteiger partial charge is 0.458 e. The first-order valence-corrected chi connectivity index (χ1v) is 36.2. The number of hydrogen-bond donors (Lipinski definition) is 1. The molecule has 0 spiro atoms. The van der Waals surface area contributed by atoms with Crippen LogP contribution in [-0.2, 0) is 21.7 Å². The van der Waals surface area contributed by atoms with Crippen molar-refractivity contribution in [1.29, 1.82) is 0 Å². The van der Waals surface area contributed by atoms with E-state index in [1.54, 1.807) is 0 Å². The van der Waals surface area contributed by atoms with Crippen LogP contribution in [0.3, 0.4) is 0 Å². The molecule has 101 heavy (non-hydrogen) atoms. The van der Waals surface area contributed by atoms with Crippen molar-refractivity contribution >= 4 is 149 Å². The third kappa shape index (κ3) is 10.3. The van der Waals surface area contributed by atoms with Crippen molar-refractivity contribution in [2.45, 2.75) is 105 Å².